The van der Waals surface area contributed by atoms with E-state index >= 15 is 0 Å². The summed E-state index contributed by atoms with van der Waals surface area (Å²) in [6.45, 7) is 3.76. The summed E-state index contributed by atoms with van der Waals surface area (Å²) in [6.07, 6.45) is 0. The van der Waals surface area contributed by atoms with E-state index in [9.17, 15) is 4.79 Å². The lowest BCUT2D eigenvalue weighted by molar-refractivity contribution is -0.146. The molecular weight excluding hydrogens is 216 g/mol. The molecule has 0 spiro atoms. The highest BCUT2D eigenvalue weighted by Crippen LogP contribution is 1.85. The first-order valence-electron chi connectivity index (χ1n) is 5.08. The van der Waals surface area contributed by atoms with Gasteiger partial charge in [0.1, 0.15) is 12.6 Å². The van der Waals surface area contributed by atoms with Crippen molar-refractivity contribution in [3.8, 4) is 0 Å². The van der Waals surface area contributed by atoms with E-state index in [0.717, 1.165) is 0 Å². The smallest absolute Gasteiger partial charge is 0.322 e. The maximum Gasteiger partial charge on any atom is 0.322 e. The Morgan fingerprint density at radius 2 is 1.56 bits per heavy atom. The summed E-state index contributed by atoms with van der Waals surface area (Å²) in [7, 11) is 0. The number of carbonyl (C=O) groups is 1. The van der Waals surface area contributed by atoms with Gasteiger partial charge in [-0.15, -0.1) is 0 Å². The van der Waals surface area contributed by atoms with Gasteiger partial charge in [0.2, 0.25) is 0 Å². The third kappa shape index (κ3) is 9.81. The maximum absolute atomic E-state index is 10.9. The average Bonchev–Trinajstić information content (AvgIpc) is 2.26. The Kier molecular flexibility index (Phi) is 10.3. The van der Waals surface area contributed by atoms with E-state index in [0.29, 0.717) is 33.0 Å². The Hall–Kier alpha value is -0.730. The van der Waals surface area contributed by atoms with Crippen LogP contribution < -0.4 is 11.6 Å². The van der Waals surface area contributed by atoms with Crippen LogP contribution in [-0.2, 0) is 23.8 Å². The van der Waals surface area contributed by atoms with E-state index in [2.05, 4.69) is 4.84 Å². The molecule has 0 saturated carbocycles. The summed E-state index contributed by atoms with van der Waals surface area (Å²) in [4.78, 5) is 15.2. The third-order valence-electron chi connectivity index (χ3n) is 1.56. The largest absolute Gasteiger partial charge is 0.462 e. The van der Waals surface area contributed by atoms with Gasteiger partial charge in [0, 0.05) is 0 Å². The molecule has 16 heavy (non-hydrogen) atoms. The van der Waals surface area contributed by atoms with Crippen LogP contribution in [0.5, 0.6) is 0 Å². The molecular formula is C9H20N2O5. The number of esters is 1. The molecule has 0 saturated heterocycles. The van der Waals surface area contributed by atoms with Gasteiger partial charge in [-0.2, -0.15) is 0 Å². The molecule has 0 aromatic carbocycles. The first-order valence-corrected chi connectivity index (χ1v) is 5.08. The minimum Gasteiger partial charge on any atom is -0.462 e. The van der Waals surface area contributed by atoms with Gasteiger partial charge in [0.15, 0.2) is 0 Å². The Labute approximate surface area is 94.9 Å². The first-order chi connectivity index (χ1) is 7.68. The monoisotopic (exact) mass is 236 g/mol. The minimum atomic E-state index is -0.598. The average molecular weight is 236 g/mol. The normalized spacial score (nSPS) is 12.4. The highest BCUT2D eigenvalue weighted by Gasteiger charge is 2.07. The zero-order valence-electron chi connectivity index (χ0n) is 9.52. The molecule has 0 amide bonds. The summed E-state index contributed by atoms with van der Waals surface area (Å²) >= 11 is 0. The van der Waals surface area contributed by atoms with Gasteiger partial charge in [0.05, 0.1) is 33.0 Å². The lowest BCUT2D eigenvalue weighted by Gasteiger charge is -2.08. The Morgan fingerprint density at radius 1 is 1.06 bits per heavy atom. The van der Waals surface area contributed by atoms with Crippen LogP contribution in [0.1, 0.15) is 6.92 Å². The lowest BCUT2D eigenvalue weighted by Crippen LogP contribution is -2.29. The number of ether oxygens (including phenoxy) is 3. The molecule has 96 valence electrons. The van der Waals surface area contributed by atoms with Gasteiger partial charge in [0.25, 0.3) is 0 Å². The maximum atomic E-state index is 10.9. The minimum absolute atomic E-state index is 0.201. The second-order valence-corrected chi connectivity index (χ2v) is 3.05. The number of rotatable bonds is 10. The number of hydrogen-bond acceptors (Lipinski definition) is 7. The summed E-state index contributed by atoms with van der Waals surface area (Å²) in [5, 5.41) is 0. The van der Waals surface area contributed by atoms with Crippen molar-refractivity contribution in [1.82, 2.24) is 0 Å². The Morgan fingerprint density at radius 3 is 2.06 bits per heavy atom. The highest BCUT2D eigenvalue weighted by atomic mass is 16.6. The molecule has 0 bridgehead atoms. The fourth-order valence-corrected chi connectivity index (χ4v) is 0.762. The Bertz CT molecular complexity index is 177. The van der Waals surface area contributed by atoms with E-state index < -0.39 is 12.0 Å². The van der Waals surface area contributed by atoms with Crippen molar-refractivity contribution in [3.05, 3.63) is 0 Å². The molecule has 0 aromatic rings. The first kappa shape index (κ1) is 15.3. The van der Waals surface area contributed by atoms with E-state index in [-0.39, 0.29) is 6.61 Å². The second kappa shape index (κ2) is 10.8. The van der Waals surface area contributed by atoms with Crippen molar-refractivity contribution in [2.75, 3.05) is 39.6 Å². The van der Waals surface area contributed by atoms with Crippen molar-refractivity contribution in [3.63, 3.8) is 0 Å². The van der Waals surface area contributed by atoms with Gasteiger partial charge in [-0.05, 0) is 6.92 Å². The third-order valence-corrected chi connectivity index (χ3v) is 1.56. The van der Waals surface area contributed by atoms with Crippen LogP contribution in [0.15, 0.2) is 0 Å². The topological polar surface area (TPSA) is 106 Å². The van der Waals surface area contributed by atoms with Gasteiger partial charge in [-0.3, -0.25) is 4.79 Å². The molecule has 0 aliphatic rings. The van der Waals surface area contributed by atoms with Crippen molar-refractivity contribution >= 4 is 5.97 Å². The van der Waals surface area contributed by atoms with Crippen LogP contribution >= 0.6 is 0 Å². The van der Waals surface area contributed by atoms with Gasteiger partial charge in [-0.25, -0.2) is 5.90 Å². The summed E-state index contributed by atoms with van der Waals surface area (Å²) in [5.74, 6) is 4.36. The highest BCUT2D eigenvalue weighted by molar-refractivity contribution is 5.74. The second-order valence-electron chi connectivity index (χ2n) is 3.05. The van der Waals surface area contributed by atoms with Gasteiger partial charge < -0.3 is 24.8 Å². The molecule has 0 aliphatic carbocycles. The zero-order chi connectivity index (χ0) is 12.2. The SMILES string of the molecule is C[C@H](N)C(=O)OCCOCCOCCON. The Balaban J connectivity index is 3.07. The zero-order valence-corrected chi connectivity index (χ0v) is 9.52. The molecule has 4 N–H and O–H groups in total. The van der Waals surface area contributed by atoms with Crippen LogP contribution in [0.4, 0.5) is 0 Å². The van der Waals surface area contributed by atoms with Crippen LogP contribution in [0.3, 0.4) is 0 Å². The van der Waals surface area contributed by atoms with Crippen LogP contribution in [0.2, 0.25) is 0 Å². The van der Waals surface area contributed by atoms with Crippen LogP contribution in [-0.4, -0.2) is 51.7 Å². The van der Waals surface area contributed by atoms with Crippen molar-refractivity contribution in [1.29, 1.82) is 0 Å². The molecule has 0 heterocycles. The number of carbonyl (C=O) groups excluding carboxylic acids is 1. The summed E-state index contributed by atoms with van der Waals surface area (Å²) in [5.41, 5.74) is 5.29. The molecule has 0 aromatic heterocycles. The van der Waals surface area contributed by atoms with E-state index in [1.807, 2.05) is 0 Å². The van der Waals surface area contributed by atoms with Crippen molar-refractivity contribution in [2.24, 2.45) is 11.6 Å². The molecule has 0 radical (unpaired) electrons. The molecule has 0 unspecified atom stereocenters. The van der Waals surface area contributed by atoms with E-state index in [1.54, 1.807) is 6.92 Å². The lowest BCUT2D eigenvalue weighted by atomic mass is 10.4. The van der Waals surface area contributed by atoms with Crippen LogP contribution in [0, 0.1) is 0 Å². The van der Waals surface area contributed by atoms with Crippen molar-refractivity contribution < 1.29 is 23.8 Å². The fourth-order valence-electron chi connectivity index (χ4n) is 0.762. The molecule has 0 fully saturated rings. The quantitative estimate of drug-likeness (QED) is 0.279. The molecule has 7 nitrogen and oxygen atoms in total. The standard InChI is InChI=1S/C9H20N2O5/c1-8(10)9(12)15-6-4-13-2-3-14-5-7-16-11/h8H,2-7,10-11H2,1H3/t8-/m0/s1. The summed E-state index contributed by atoms with van der Waals surface area (Å²) < 4.78 is 15.0. The summed E-state index contributed by atoms with van der Waals surface area (Å²) in [6, 6.07) is -0.598. The van der Waals surface area contributed by atoms with E-state index in [1.165, 1.54) is 0 Å². The number of nitrogens with two attached hydrogens (primary N) is 2. The predicted octanol–water partition coefficient (Wildman–Crippen LogP) is -1.20. The predicted molar refractivity (Wildman–Crippen MR) is 56.4 cm³/mol. The van der Waals surface area contributed by atoms with Gasteiger partial charge >= 0.3 is 5.97 Å². The molecule has 0 rings (SSSR count). The molecule has 0 aliphatic heterocycles. The molecule has 7 heteroatoms. The van der Waals surface area contributed by atoms with E-state index in [4.69, 9.17) is 25.8 Å². The van der Waals surface area contributed by atoms with Crippen LogP contribution in [0.25, 0.3) is 0 Å². The molecule has 1 atom stereocenters. The fraction of sp³-hybridized carbons (Fsp3) is 0.889. The van der Waals surface area contributed by atoms with Crippen molar-refractivity contribution in [2.45, 2.75) is 13.0 Å². The van der Waals surface area contributed by atoms with Gasteiger partial charge in [-0.1, -0.05) is 0 Å². The number of hydrogen-bond donors (Lipinski definition) is 2.